The Hall–Kier alpha value is -2.54. The molecule has 130 valence electrons. The van der Waals surface area contributed by atoms with E-state index >= 15 is 0 Å². The van der Waals surface area contributed by atoms with Crippen molar-refractivity contribution in [3.8, 4) is 5.75 Å². The van der Waals surface area contributed by atoms with Crippen molar-refractivity contribution in [2.75, 3.05) is 26.2 Å². The van der Waals surface area contributed by atoms with Crippen molar-refractivity contribution in [3.63, 3.8) is 0 Å². The summed E-state index contributed by atoms with van der Waals surface area (Å²) in [5.74, 6) is 0.763. The van der Waals surface area contributed by atoms with E-state index in [0.717, 1.165) is 38.3 Å². The number of ether oxygens (including phenoxy) is 1. The Balaban J connectivity index is 1.38. The van der Waals surface area contributed by atoms with Crippen LogP contribution >= 0.6 is 0 Å². The molecule has 2 fully saturated rings. The molecule has 1 amide bonds. The quantitative estimate of drug-likeness (QED) is 0.836. The minimum Gasteiger partial charge on any atom is -0.486 e. The highest BCUT2D eigenvalue weighted by Crippen LogP contribution is 2.26. The Morgan fingerprint density at radius 2 is 2.00 bits per heavy atom. The van der Waals surface area contributed by atoms with Crippen LogP contribution in [-0.4, -0.2) is 69.0 Å². The predicted molar refractivity (Wildman–Crippen MR) is 91.3 cm³/mol. The van der Waals surface area contributed by atoms with E-state index in [9.17, 15) is 4.79 Å². The molecule has 2 atom stereocenters. The van der Waals surface area contributed by atoms with Gasteiger partial charge in [-0.15, -0.1) is 0 Å². The van der Waals surface area contributed by atoms with Crippen molar-refractivity contribution in [2.45, 2.75) is 25.5 Å². The van der Waals surface area contributed by atoms with Crippen LogP contribution in [0.1, 0.15) is 22.5 Å². The Kier molecular flexibility index (Phi) is 4.31. The van der Waals surface area contributed by atoms with E-state index in [4.69, 9.17) is 4.74 Å². The summed E-state index contributed by atoms with van der Waals surface area (Å²) in [5, 5.41) is 0. The molecule has 4 heterocycles. The fourth-order valence-electron chi connectivity index (χ4n) is 3.58. The molecular formula is C18H21N5O2. The highest BCUT2D eigenvalue weighted by atomic mass is 16.5. The Morgan fingerprint density at radius 1 is 1.16 bits per heavy atom. The van der Waals surface area contributed by atoms with Crippen LogP contribution in [0.15, 0.2) is 37.1 Å². The van der Waals surface area contributed by atoms with Crippen LogP contribution in [-0.2, 0) is 0 Å². The maximum absolute atomic E-state index is 12.7. The van der Waals surface area contributed by atoms with Crippen LogP contribution in [0.2, 0.25) is 0 Å². The highest BCUT2D eigenvalue weighted by Gasteiger charge is 2.38. The normalized spacial score (nSPS) is 23.3. The van der Waals surface area contributed by atoms with Crippen molar-refractivity contribution in [3.05, 3.63) is 48.3 Å². The largest absolute Gasteiger partial charge is 0.486 e. The molecule has 0 N–H and O–H groups in total. The third-order valence-corrected chi connectivity index (χ3v) is 4.86. The van der Waals surface area contributed by atoms with Crippen molar-refractivity contribution in [1.82, 2.24) is 24.8 Å². The second-order valence-electron chi connectivity index (χ2n) is 6.64. The summed E-state index contributed by atoms with van der Waals surface area (Å²) in [5.41, 5.74) is 1.58. The summed E-state index contributed by atoms with van der Waals surface area (Å²) in [7, 11) is 0. The van der Waals surface area contributed by atoms with Crippen LogP contribution < -0.4 is 4.74 Å². The van der Waals surface area contributed by atoms with Crippen molar-refractivity contribution >= 4 is 5.91 Å². The summed E-state index contributed by atoms with van der Waals surface area (Å²) >= 11 is 0. The molecule has 2 aliphatic rings. The van der Waals surface area contributed by atoms with Gasteiger partial charge < -0.3 is 9.64 Å². The molecular weight excluding hydrogens is 318 g/mol. The molecule has 2 saturated heterocycles. The van der Waals surface area contributed by atoms with E-state index in [1.54, 1.807) is 18.6 Å². The number of amides is 1. The SMILES string of the molecule is Cc1ccc(C(=O)N2CCN3C[C@H](Oc4cncnc4)C[C@H]3C2)cn1. The molecule has 0 saturated carbocycles. The van der Waals surface area contributed by atoms with Crippen LogP contribution in [0.5, 0.6) is 5.75 Å². The number of aromatic nitrogens is 3. The van der Waals surface area contributed by atoms with Gasteiger partial charge >= 0.3 is 0 Å². The van der Waals surface area contributed by atoms with Crippen LogP contribution in [0.4, 0.5) is 0 Å². The topological polar surface area (TPSA) is 71.5 Å². The van der Waals surface area contributed by atoms with Gasteiger partial charge in [0, 0.05) is 50.5 Å². The standard InChI is InChI=1S/C18H21N5O2/c1-13-2-3-14(7-21-13)18(24)23-5-4-22-11-16(6-15(22)10-23)25-17-8-19-12-20-9-17/h2-3,7-9,12,15-16H,4-6,10-11H2,1H3/t15-,16+/m0/s1. The van der Waals surface area contributed by atoms with Gasteiger partial charge in [-0.3, -0.25) is 14.7 Å². The zero-order valence-corrected chi connectivity index (χ0v) is 14.2. The predicted octanol–water partition coefficient (Wildman–Crippen LogP) is 1.16. The fraction of sp³-hybridized carbons (Fsp3) is 0.444. The second-order valence-corrected chi connectivity index (χ2v) is 6.64. The van der Waals surface area contributed by atoms with Gasteiger partial charge in [-0.1, -0.05) is 0 Å². The molecule has 2 aromatic heterocycles. The number of nitrogens with zero attached hydrogens (tertiary/aromatic N) is 5. The first kappa shape index (κ1) is 16.0. The minimum atomic E-state index is 0.0629. The number of hydrogen-bond donors (Lipinski definition) is 0. The first-order chi connectivity index (χ1) is 12.2. The lowest BCUT2D eigenvalue weighted by molar-refractivity contribution is 0.0569. The summed E-state index contributed by atoms with van der Waals surface area (Å²) in [4.78, 5) is 29.2. The maximum Gasteiger partial charge on any atom is 0.255 e. The summed E-state index contributed by atoms with van der Waals surface area (Å²) in [6.07, 6.45) is 7.56. The number of rotatable bonds is 3. The number of fused-ring (bicyclic) bond motifs is 1. The number of piperazine rings is 1. The summed E-state index contributed by atoms with van der Waals surface area (Å²) in [6.45, 7) is 5.15. The van der Waals surface area contributed by atoms with Gasteiger partial charge in [0.05, 0.1) is 18.0 Å². The highest BCUT2D eigenvalue weighted by molar-refractivity contribution is 5.94. The van der Waals surface area contributed by atoms with Crippen molar-refractivity contribution in [1.29, 1.82) is 0 Å². The molecule has 7 nitrogen and oxygen atoms in total. The second kappa shape index (κ2) is 6.76. The zero-order valence-electron chi connectivity index (χ0n) is 14.2. The molecule has 0 bridgehead atoms. The van der Waals surface area contributed by atoms with E-state index in [2.05, 4.69) is 19.9 Å². The number of pyridine rings is 1. The number of hydrogen-bond acceptors (Lipinski definition) is 6. The molecule has 25 heavy (non-hydrogen) atoms. The average molecular weight is 339 g/mol. The molecule has 2 aliphatic heterocycles. The van der Waals surface area contributed by atoms with E-state index in [1.165, 1.54) is 6.33 Å². The van der Waals surface area contributed by atoms with Gasteiger partial charge in [0.15, 0.2) is 5.75 Å². The van der Waals surface area contributed by atoms with E-state index in [-0.39, 0.29) is 12.0 Å². The van der Waals surface area contributed by atoms with E-state index < -0.39 is 0 Å². The average Bonchev–Trinajstić information content (AvgIpc) is 3.04. The van der Waals surface area contributed by atoms with Gasteiger partial charge in [0.25, 0.3) is 5.91 Å². The molecule has 0 unspecified atom stereocenters. The van der Waals surface area contributed by atoms with E-state index in [0.29, 0.717) is 17.4 Å². The molecule has 4 rings (SSSR count). The van der Waals surface area contributed by atoms with Gasteiger partial charge in [-0.05, 0) is 19.1 Å². The van der Waals surface area contributed by atoms with Crippen LogP contribution in [0.25, 0.3) is 0 Å². The first-order valence-electron chi connectivity index (χ1n) is 8.56. The van der Waals surface area contributed by atoms with Gasteiger partial charge in [-0.25, -0.2) is 9.97 Å². The van der Waals surface area contributed by atoms with E-state index in [1.807, 2.05) is 24.0 Å². The molecule has 7 heteroatoms. The van der Waals surface area contributed by atoms with Crippen molar-refractivity contribution in [2.24, 2.45) is 0 Å². The number of aryl methyl sites for hydroxylation is 1. The minimum absolute atomic E-state index is 0.0629. The Labute approximate surface area is 146 Å². The maximum atomic E-state index is 12.7. The third kappa shape index (κ3) is 3.46. The number of carbonyl (C=O) groups is 1. The van der Waals surface area contributed by atoms with Gasteiger partial charge in [-0.2, -0.15) is 0 Å². The Morgan fingerprint density at radius 3 is 2.76 bits per heavy atom. The molecule has 0 spiro atoms. The first-order valence-corrected chi connectivity index (χ1v) is 8.56. The lowest BCUT2D eigenvalue weighted by Gasteiger charge is -2.37. The summed E-state index contributed by atoms with van der Waals surface area (Å²) in [6, 6.07) is 4.07. The molecule has 0 aromatic carbocycles. The molecule has 0 aliphatic carbocycles. The number of carbonyl (C=O) groups excluding carboxylic acids is 1. The lowest BCUT2D eigenvalue weighted by atomic mass is 10.1. The monoisotopic (exact) mass is 339 g/mol. The smallest absolute Gasteiger partial charge is 0.255 e. The lowest BCUT2D eigenvalue weighted by Crippen LogP contribution is -2.52. The Bertz CT molecular complexity index is 737. The van der Waals surface area contributed by atoms with Crippen molar-refractivity contribution < 1.29 is 9.53 Å². The van der Waals surface area contributed by atoms with Gasteiger partial charge in [0.1, 0.15) is 12.4 Å². The molecule has 2 aromatic rings. The zero-order chi connectivity index (χ0) is 17.2. The van der Waals surface area contributed by atoms with Crippen LogP contribution in [0.3, 0.4) is 0 Å². The van der Waals surface area contributed by atoms with Crippen LogP contribution in [0, 0.1) is 6.92 Å². The summed E-state index contributed by atoms with van der Waals surface area (Å²) < 4.78 is 5.98. The van der Waals surface area contributed by atoms with Gasteiger partial charge in [0.2, 0.25) is 0 Å². The molecule has 0 radical (unpaired) electrons. The third-order valence-electron chi connectivity index (χ3n) is 4.86. The fourth-order valence-corrected chi connectivity index (χ4v) is 3.58.